The van der Waals surface area contributed by atoms with E-state index in [0.29, 0.717) is 19.5 Å². The first-order valence-corrected chi connectivity index (χ1v) is 7.32. The summed E-state index contributed by atoms with van der Waals surface area (Å²) >= 11 is 0. The second kappa shape index (κ2) is 7.61. The van der Waals surface area contributed by atoms with Crippen LogP contribution in [0.1, 0.15) is 18.9 Å². The monoisotopic (exact) mass is 302 g/mol. The summed E-state index contributed by atoms with van der Waals surface area (Å²) in [5, 5.41) is 15.1. The van der Waals surface area contributed by atoms with Crippen LogP contribution in [0.2, 0.25) is 0 Å². The van der Waals surface area contributed by atoms with E-state index in [9.17, 15) is 9.90 Å². The first-order valence-electron chi connectivity index (χ1n) is 7.32. The molecule has 2 amide bonds. The van der Waals surface area contributed by atoms with Gasteiger partial charge in [0.1, 0.15) is 0 Å². The highest BCUT2D eigenvalue weighted by molar-refractivity contribution is 5.75. The maximum atomic E-state index is 12.1. The van der Waals surface area contributed by atoms with Gasteiger partial charge in [-0.15, -0.1) is 0 Å². The molecule has 1 aromatic heterocycles. The van der Waals surface area contributed by atoms with Gasteiger partial charge in [0, 0.05) is 32.1 Å². The van der Waals surface area contributed by atoms with Gasteiger partial charge >= 0.3 is 6.03 Å². The molecule has 0 saturated carbocycles. The highest BCUT2D eigenvalue weighted by atomic mass is 16.3. The Hall–Kier alpha value is -2.34. The summed E-state index contributed by atoms with van der Waals surface area (Å²) in [5.74, 6) is 0. The van der Waals surface area contributed by atoms with Gasteiger partial charge < -0.3 is 20.3 Å². The number of benzene rings is 1. The van der Waals surface area contributed by atoms with Crippen LogP contribution in [0.15, 0.2) is 49.1 Å². The molecule has 0 bridgehead atoms. The van der Waals surface area contributed by atoms with Crippen LogP contribution >= 0.6 is 0 Å². The van der Waals surface area contributed by atoms with Crippen molar-refractivity contribution in [1.82, 2.24) is 20.2 Å². The van der Waals surface area contributed by atoms with Gasteiger partial charge in [-0.05, 0) is 18.9 Å². The number of carbonyl (C=O) groups excluding carboxylic acids is 1. The van der Waals surface area contributed by atoms with Crippen molar-refractivity contribution in [3.63, 3.8) is 0 Å². The highest BCUT2D eigenvalue weighted by Crippen LogP contribution is 2.23. The predicted molar refractivity (Wildman–Crippen MR) is 84.3 cm³/mol. The van der Waals surface area contributed by atoms with Gasteiger partial charge in [0.15, 0.2) is 0 Å². The Morgan fingerprint density at radius 2 is 2.14 bits per heavy atom. The van der Waals surface area contributed by atoms with E-state index in [2.05, 4.69) is 15.6 Å². The first kappa shape index (κ1) is 16.0. The van der Waals surface area contributed by atoms with E-state index in [1.165, 1.54) is 0 Å². The summed E-state index contributed by atoms with van der Waals surface area (Å²) in [4.78, 5) is 16.1. The number of nitrogens with one attached hydrogen (secondary N) is 2. The molecule has 22 heavy (non-hydrogen) atoms. The number of amides is 2. The second-order valence-electron chi connectivity index (χ2n) is 5.35. The Labute approximate surface area is 130 Å². The molecule has 0 aliphatic rings. The van der Waals surface area contributed by atoms with Crippen LogP contribution in [0, 0.1) is 0 Å². The molecule has 2 rings (SSSR count). The third-order valence-electron chi connectivity index (χ3n) is 3.63. The lowest BCUT2D eigenvalue weighted by Crippen LogP contribution is -2.49. The molecular weight excluding hydrogens is 280 g/mol. The van der Waals surface area contributed by atoms with E-state index in [0.717, 1.165) is 5.56 Å². The maximum absolute atomic E-state index is 12.1. The first-order chi connectivity index (χ1) is 10.6. The zero-order chi connectivity index (χ0) is 15.8. The van der Waals surface area contributed by atoms with Crippen LogP contribution in [0.3, 0.4) is 0 Å². The van der Waals surface area contributed by atoms with Crippen molar-refractivity contribution in [2.24, 2.45) is 0 Å². The number of urea groups is 1. The average Bonchev–Trinajstić information content (AvgIpc) is 3.01. The summed E-state index contributed by atoms with van der Waals surface area (Å²) in [6, 6.07) is 9.41. The quantitative estimate of drug-likeness (QED) is 0.725. The molecule has 6 nitrogen and oxygen atoms in total. The fourth-order valence-corrected chi connectivity index (χ4v) is 2.32. The molecule has 0 spiro atoms. The number of nitrogens with zero attached hydrogens (tertiary/aromatic N) is 2. The molecule has 0 radical (unpaired) electrons. The molecule has 1 atom stereocenters. The van der Waals surface area contributed by atoms with Crippen molar-refractivity contribution in [3.05, 3.63) is 54.6 Å². The molecular formula is C16H22N4O2. The number of aromatic nitrogens is 2. The summed E-state index contributed by atoms with van der Waals surface area (Å²) in [5.41, 5.74) is 0.364. The zero-order valence-electron chi connectivity index (χ0n) is 12.7. The van der Waals surface area contributed by atoms with Crippen LogP contribution < -0.4 is 10.6 Å². The van der Waals surface area contributed by atoms with Crippen LogP contribution in [0.25, 0.3) is 0 Å². The maximum Gasteiger partial charge on any atom is 0.315 e. The van der Waals surface area contributed by atoms with Crippen LogP contribution in [-0.2, 0) is 12.1 Å². The summed E-state index contributed by atoms with van der Waals surface area (Å²) in [6.07, 6.45) is 5.71. The van der Waals surface area contributed by atoms with Crippen molar-refractivity contribution < 1.29 is 9.90 Å². The standard InChI is InChI=1S/C16H22N4O2/c1-16(7-12-21,14-5-3-2-4-6-14)19-15(22)18-9-11-20-10-8-17-13-20/h2-6,8,10,13,21H,7,9,11-12H2,1H3,(H2,18,19,22). The molecule has 1 heterocycles. The Kier molecular flexibility index (Phi) is 5.55. The number of carbonyl (C=O) groups is 1. The Morgan fingerprint density at radius 1 is 1.36 bits per heavy atom. The van der Waals surface area contributed by atoms with Gasteiger partial charge in [-0.3, -0.25) is 0 Å². The number of hydrogen-bond donors (Lipinski definition) is 3. The van der Waals surface area contributed by atoms with E-state index < -0.39 is 5.54 Å². The molecule has 0 aliphatic carbocycles. The van der Waals surface area contributed by atoms with Crippen LogP contribution in [0.4, 0.5) is 4.79 Å². The zero-order valence-corrected chi connectivity index (χ0v) is 12.7. The SMILES string of the molecule is CC(CCO)(NC(=O)NCCn1ccnc1)c1ccccc1. The third-order valence-corrected chi connectivity index (χ3v) is 3.63. The smallest absolute Gasteiger partial charge is 0.315 e. The number of aliphatic hydroxyl groups is 1. The number of rotatable bonds is 7. The largest absolute Gasteiger partial charge is 0.396 e. The number of hydrogen-bond acceptors (Lipinski definition) is 3. The van der Waals surface area contributed by atoms with E-state index in [4.69, 9.17) is 0 Å². The van der Waals surface area contributed by atoms with Crippen molar-refractivity contribution in [2.75, 3.05) is 13.2 Å². The third kappa shape index (κ3) is 4.33. The minimum atomic E-state index is -0.602. The van der Waals surface area contributed by atoms with Crippen molar-refractivity contribution in [2.45, 2.75) is 25.4 Å². The number of aliphatic hydroxyl groups excluding tert-OH is 1. The van der Waals surface area contributed by atoms with Gasteiger partial charge in [-0.2, -0.15) is 0 Å². The van der Waals surface area contributed by atoms with E-state index in [1.54, 1.807) is 12.5 Å². The van der Waals surface area contributed by atoms with Gasteiger partial charge in [0.05, 0.1) is 11.9 Å². The Morgan fingerprint density at radius 3 is 2.77 bits per heavy atom. The normalized spacial score (nSPS) is 13.4. The molecule has 0 saturated heterocycles. The minimum absolute atomic E-state index is 0.000705. The predicted octanol–water partition coefficient (Wildman–Crippen LogP) is 1.48. The lowest BCUT2D eigenvalue weighted by atomic mass is 9.89. The fraction of sp³-hybridized carbons (Fsp3) is 0.375. The van der Waals surface area contributed by atoms with E-state index >= 15 is 0 Å². The number of imidazole rings is 1. The molecule has 1 aromatic carbocycles. The van der Waals surface area contributed by atoms with Gasteiger partial charge in [0.25, 0.3) is 0 Å². The summed E-state index contributed by atoms with van der Waals surface area (Å²) < 4.78 is 1.89. The summed E-state index contributed by atoms with van der Waals surface area (Å²) in [6.45, 7) is 3.08. The van der Waals surface area contributed by atoms with Crippen molar-refractivity contribution in [1.29, 1.82) is 0 Å². The molecule has 0 aliphatic heterocycles. The summed E-state index contributed by atoms with van der Waals surface area (Å²) in [7, 11) is 0. The van der Waals surface area contributed by atoms with E-state index in [-0.39, 0.29) is 12.6 Å². The highest BCUT2D eigenvalue weighted by Gasteiger charge is 2.27. The molecule has 0 fully saturated rings. The van der Waals surface area contributed by atoms with E-state index in [1.807, 2.05) is 48.0 Å². The molecule has 118 valence electrons. The molecule has 3 N–H and O–H groups in total. The lowest BCUT2D eigenvalue weighted by molar-refractivity contribution is 0.203. The fourth-order valence-electron chi connectivity index (χ4n) is 2.32. The van der Waals surface area contributed by atoms with Crippen molar-refractivity contribution >= 4 is 6.03 Å². The topological polar surface area (TPSA) is 79.2 Å². The molecule has 2 aromatic rings. The second-order valence-corrected chi connectivity index (χ2v) is 5.35. The average molecular weight is 302 g/mol. The van der Waals surface area contributed by atoms with Crippen LogP contribution in [0.5, 0.6) is 0 Å². The van der Waals surface area contributed by atoms with Gasteiger partial charge in [-0.25, -0.2) is 9.78 Å². The van der Waals surface area contributed by atoms with Gasteiger partial charge in [-0.1, -0.05) is 30.3 Å². The molecule has 6 heteroatoms. The lowest BCUT2D eigenvalue weighted by Gasteiger charge is -2.31. The van der Waals surface area contributed by atoms with Gasteiger partial charge in [0.2, 0.25) is 0 Å². The minimum Gasteiger partial charge on any atom is -0.396 e. The van der Waals surface area contributed by atoms with Crippen LogP contribution in [-0.4, -0.2) is 33.8 Å². The Bertz CT molecular complexity index is 571. The molecule has 1 unspecified atom stereocenters. The Balaban J connectivity index is 1.91. The van der Waals surface area contributed by atoms with Crippen molar-refractivity contribution in [3.8, 4) is 0 Å².